The summed E-state index contributed by atoms with van der Waals surface area (Å²) in [5.41, 5.74) is 2.99. The van der Waals surface area contributed by atoms with Crippen molar-refractivity contribution in [1.29, 1.82) is 0 Å². The van der Waals surface area contributed by atoms with E-state index in [1.165, 1.54) is 27.8 Å². The molecular formula is C57H73N7O12. The van der Waals surface area contributed by atoms with E-state index in [1.807, 2.05) is 68.5 Å². The van der Waals surface area contributed by atoms with Gasteiger partial charge >= 0.3 is 11.9 Å². The fraction of sp³-hybridized carbons (Fsp3) is 0.421. The Morgan fingerprint density at radius 3 is 1.70 bits per heavy atom. The van der Waals surface area contributed by atoms with E-state index < -0.39 is 120 Å². The maximum Gasteiger partial charge on any atom is 0.327 e. The zero-order chi connectivity index (χ0) is 56.1. The molecule has 1 saturated heterocycles. The average Bonchev–Trinajstić information content (AvgIpc) is 3.40. The lowest BCUT2D eigenvalue weighted by Crippen LogP contribution is -2.59. The van der Waals surface area contributed by atoms with Crippen molar-refractivity contribution in [3.05, 3.63) is 144 Å². The van der Waals surface area contributed by atoms with Crippen LogP contribution in [0.4, 0.5) is 0 Å². The van der Waals surface area contributed by atoms with E-state index in [4.69, 9.17) is 4.74 Å². The fourth-order valence-electron chi connectivity index (χ4n) is 8.43. The Balaban J connectivity index is 1.77. The van der Waals surface area contributed by atoms with Crippen LogP contribution in [-0.4, -0.2) is 125 Å². The quantitative estimate of drug-likeness (QED) is 0.0798. The van der Waals surface area contributed by atoms with Crippen LogP contribution in [0, 0.1) is 17.8 Å². The van der Waals surface area contributed by atoms with Gasteiger partial charge in [-0.15, -0.1) is 0 Å². The number of benzene rings is 3. The Bertz CT molecular complexity index is 2570. The summed E-state index contributed by atoms with van der Waals surface area (Å²) < 4.78 is 5.85. The number of nitrogens with one attached hydrogen (secondary N) is 6. The van der Waals surface area contributed by atoms with E-state index in [2.05, 4.69) is 38.5 Å². The number of hydrogen-bond donors (Lipinski definition) is 8. The van der Waals surface area contributed by atoms with Gasteiger partial charge < -0.3 is 51.8 Å². The lowest BCUT2D eigenvalue weighted by Gasteiger charge is -2.28. The predicted octanol–water partition coefficient (Wildman–Crippen LogP) is 3.78. The maximum absolute atomic E-state index is 14.6. The number of nitrogens with zero attached hydrogens (tertiary/aromatic N) is 1. The Morgan fingerprint density at radius 2 is 1.18 bits per heavy atom. The third-order valence-electron chi connectivity index (χ3n) is 13.4. The SMILES string of the molecule is C=C1C(=O)NC(C)C(=O)NC(CCc2ccccc2)C(=O)NC(C(=O)O)C(C)C(=O)NC(CCc2ccccc2)C(=O)NC(C=CC(C)=CC(C)C(Cc2ccccc2)OC)C(C)C(=O)NC(C(=O)O)CCC(=O)N1C. The van der Waals surface area contributed by atoms with Gasteiger partial charge in [-0.05, 0) is 69.1 Å². The minimum Gasteiger partial charge on any atom is -0.480 e. The van der Waals surface area contributed by atoms with Crippen LogP contribution >= 0.6 is 0 Å². The van der Waals surface area contributed by atoms with Crippen molar-refractivity contribution < 1.29 is 58.1 Å². The molecule has 8 N–H and O–H groups in total. The van der Waals surface area contributed by atoms with E-state index in [-0.39, 0.29) is 37.7 Å². The smallest absolute Gasteiger partial charge is 0.327 e. The van der Waals surface area contributed by atoms with Gasteiger partial charge in [0.05, 0.1) is 24.0 Å². The third-order valence-corrected chi connectivity index (χ3v) is 13.4. The number of carboxylic acid groups (broad SMARTS) is 2. The molecule has 7 amide bonds. The van der Waals surface area contributed by atoms with E-state index in [0.29, 0.717) is 6.42 Å². The number of aliphatic carboxylic acids is 2. The normalized spacial score (nSPS) is 24.4. The molecule has 0 aromatic heterocycles. The molecule has 1 fully saturated rings. The summed E-state index contributed by atoms with van der Waals surface area (Å²) >= 11 is 0. The van der Waals surface area contributed by atoms with E-state index in [0.717, 1.165) is 27.2 Å². The molecule has 10 atom stereocenters. The molecule has 408 valence electrons. The minimum atomic E-state index is -1.88. The number of ether oxygens (including phenoxy) is 1. The lowest BCUT2D eigenvalue weighted by molar-refractivity contribution is -0.146. The van der Waals surface area contributed by atoms with Gasteiger partial charge in [0.25, 0.3) is 5.91 Å². The van der Waals surface area contributed by atoms with Gasteiger partial charge in [-0.2, -0.15) is 0 Å². The molecule has 4 rings (SSSR count). The number of methoxy groups -OCH3 is 1. The van der Waals surface area contributed by atoms with Crippen molar-refractivity contribution in [1.82, 2.24) is 36.8 Å². The Morgan fingerprint density at radius 1 is 0.684 bits per heavy atom. The molecule has 10 unspecified atom stereocenters. The van der Waals surface area contributed by atoms with E-state index >= 15 is 0 Å². The van der Waals surface area contributed by atoms with Crippen molar-refractivity contribution in [3.63, 3.8) is 0 Å². The average molecular weight is 1050 g/mol. The van der Waals surface area contributed by atoms with Crippen LogP contribution in [0.5, 0.6) is 0 Å². The number of likely N-dealkylation sites (N-methyl/N-ethyl adjacent to an activating group) is 1. The maximum atomic E-state index is 14.6. The first-order chi connectivity index (χ1) is 36.1. The molecule has 1 heterocycles. The highest BCUT2D eigenvalue weighted by molar-refractivity contribution is 6.00. The van der Waals surface area contributed by atoms with Crippen LogP contribution in [-0.2, 0) is 67.2 Å². The first kappa shape index (κ1) is 60.6. The zero-order valence-corrected chi connectivity index (χ0v) is 44.2. The summed E-state index contributed by atoms with van der Waals surface area (Å²) in [7, 11) is 2.85. The highest BCUT2D eigenvalue weighted by Crippen LogP contribution is 2.19. The monoisotopic (exact) mass is 1050 g/mol. The Hall–Kier alpha value is -7.93. The molecule has 0 spiro atoms. The molecule has 0 radical (unpaired) electrons. The molecule has 0 saturated carbocycles. The molecule has 3 aromatic carbocycles. The first-order valence-corrected chi connectivity index (χ1v) is 25.3. The second-order valence-electron chi connectivity index (χ2n) is 19.2. The summed E-state index contributed by atoms with van der Waals surface area (Å²) in [5.74, 6) is -11.9. The number of carbonyl (C=O) groups excluding carboxylic acids is 7. The molecule has 19 nitrogen and oxygen atoms in total. The molecule has 0 bridgehead atoms. The number of carboxylic acids is 2. The zero-order valence-electron chi connectivity index (χ0n) is 44.2. The van der Waals surface area contributed by atoms with E-state index in [1.54, 1.807) is 61.7 Å². The Labute approximate surface area is 444 Å². The summed E-state index contributed by atoms with van der Waals surface area (Å²) in [5, 5.41) is 36.2. The van der Waals surface area contributed by atoms with Crippen LogP contribution in [0.15, 0.2) is 127 Å². The van der Waals surface area contributed by atoms with Gasteiger partial charge in [0.2, 0.25) is 35.4 Å². The first-order valence-electron chi connectivity index (χ1n) is 25.3. The largest absolute Gasteiger partial charge is 0.480 e. The molecule has 19 heteroatoms. The van der Waals surface area contributed by atoms with Crippen molar-refractivity contribution in [2.75, 3.05) is 14.2 Å². The minimum absolute atomic E-state index is 0.00994. The number of aryl methyl sites for hydroxylation is 2. The number of allylic oxidation sites excluding steroid dienone is 2. The third kappa shape index (κ3) is 18.8. The molecule has 0 aliphatic carbocycles. The Kier molecular flexibility index (Phi) is 23.8. The van der Waals surface area contributed by atoms with Crippen LogP contribution in [0.2, 0.25) is 0 Å². The highest BCUT2D eigenvalue weighted by Gasteiger charge is 2.37. The lowest BCUT2D eigenvalue weighted by atomic mass is 9.94. The predicted molar refractivity (Wildman–Crippen MR) is 285 cm³/mol. The molecule has 1 aliphatic heterocycles. The number of hydrogen-bond acceptors (Lipinski definition) is 10. The molecule has 76 heavy (non-hydrogen) atoms. The van der Waals surface area contributed by atoms with Gasteiger partial charge in [-0.3, -0.25) is 33.6 Å². The van der Waals surface area contributed by atoms with Crippen LogP contribution in [0.3, 0.4) is 0 Å². The van der Waals surface area contributed by atoms with Gasteiger partial charge in [0.1, 0.15) is 35.9 Å². The van der Waals surface area contributed by atoms with E-state index in [9.17, 15) is 53.4 Å². The summed E-state index contributed by atoms with van der Waals surface area (Å²) in [6.45, 7) is 11.5. The second kappa shape index (κ2) is 29.8. The van der Waals surface area contributed by atoms with Gasteiger partial charge in [-0.25, -0.2) is 9.59 Å². The van der Waals surface area contributed by atoms with Crippen molar-refractivity contribution in [2.45, 2.75) is 122 Å². The standard InChI is InChI=1S/C57H73N7O12/c1-34(32-35(2)47(76-8)33-42-22-16-11-17-23-42)24-27-43-36(3)50(66)62-46(56(72)73)30-31-48(65)64(7)39(6)53(69)58-38(5)52(68)61-45(29-26-41-20-14-10-15-21-41)55(71)63-49(57(74)75)37(4)51(67)60-44(54(70)59-43)28-25-40-18-12-9-13-19-40/h9-24,27,32,35-38,43-47,49H,6,25-26,28-31,33H2,1-5,7-8H3,(H,58,69)(H,59,70)(H,60,67)(H,61,68)(H,62,66)(H,63,71)(H,72,73)(H,74,75). The van der Waals surface area contributed by atoms with Crippen molar-refractivity contribution in [2.24, 2.45) is 17.8 Å². The van der Waals surface area contributed by atoms with Crippen molar-refractivity contribution in [3.8, 4) is 0 Å². The second-order valence-corrected chi connectivity index (χ2v) is 19.2. The molecular weight excluding hydrogens is 975 g/mol. The summed E-state index contributed by atoms with van der Waals surface area (Å²) in [6.07, 6.45) is 5.20. The highest BCUT2D eigenvalue weighted by atomic mass is 16.5. The van der Waals surface area contributed by atoms with Crippen LogP contribution in [0.1, 0.15) is 77.0 Å². The van der Waals surface area contributed by atoms with Crippen molar-refractivity contribution >= 4 is 53.3 Å². The number of amides is 7. The topological polar surface area (TPSA) is 279 Å². The number of carbonyl (C=O) groups is 9. The van der Waals surface area contributed by atoms with Gasteiger partial charge in [0.15, 0.2) is 0 Å². The fourth-order valence-corrected chi connectivity index (χ4v) is 8.43. The summed E-state index contributed by atoms with van der Waals surface area (Å²) in [6, 6.07) is 19.1. The van der Waals surface area contributed by atoms with Gasteiger partial charge in [-0.1, -0.05) is 142 Å². The van der Waals surface area contributed by atoms with Crippen LogP contribution in [0.25, 0.3) is 0 Å². The van der Waals surface area contributed by atoms with Crippen LogP contribution < -0.4 is 31.9 Å². The summed E-state index contributed by atoms with van der Waals surface area (Å²) in [4.78, 5) is 124. The number of rotatable bonds is 15. The van der Waals surface area contributed by atoms with Gasteiger partial charge in [0, 0.05) is 26.5 Å². The molecule has 1 aliphatic rings. The molecule has 3 aromatic rings.